The lowest BCUT2D eigenvalue weighted by Crippen LogP contribution is -2.21. The van der Waals surface area contributed by atoms with Crippen molar-refractivity contribution in [3.05, 3.63) is 35.4 Å². The first-order chi connectivity index (χ1) is 5.75. The molecule has 0 amide bonds. The van der Waals surface area contributed by atoms with E-state index in [-0.39, 0.29) is 6.17 Å². The van der Waals surface area contributed by atoms with Crippen LogP contribution in [0.3, 0.4) is 0 Å². The highest BCUT2D eigenvalue weighted by molar-refractivity contribution is 5.29. The quantitative estimate of drug-likeness (QED) is 0.666. The molecule has 12 heavy (non-hydrogen) atoms. The maximum atomic E-state index is 5.62. The third kappa shape index (κ3) is 2.06. The standard InChI is InChI=1S/C10H16N2/c1-2-5-8-6-3-4-7-9(8)10(11)12/h3-4,6-7,10H,2,5,11-12H2,1H3. The molecule has 0 aliphatic carbocycles. The van der Waals surface area contributed by atoms with Crippen LogP contribution in [0, 0.1) is 0 Å². The number of hydrogen-bond donors (Lipinski definition) is 2. The Kier molecular flexibility index (Phi) is 3.26. The smallest absolute Gasteiger partial charge is 0.0787 e. The predicted molar refractivity (Wildman–Crippen MR) is 51.6 cm³/mol. The van der Waals surface area contributed by atoms with Crippen LogP contribution in [-0.4, -0.2) is 0 Å². The first-order valence-electron chi connectivity index (χ1n) is 4.34. The van der Waals surface area contributed by atoms with Crippen molar-refractivity contribution < 1.29 is 0 Å². The van der Waals surface area contributed by atoms with Crippen LogP contribution in [0.15, 0.2) is 24.3 Å². The van der Waals surface area contributed by atoms with Gasteiger partial charge >= 0.3 is 0 Å². The molecule has 0 saturated carbocycles. The topological polar surface area (TPSA) is 52.0 Å². The van der Waals surface area contributed by atoms with E-state index in [1.807, 2.05) is 18.2 Å². The Morgan fingerprint density at radius 2 is 1.92 bits per heavy atom. The summed E-state index contributed by atoms with van der Waals surface area (Å²) in [4.78, 5) is 0. The van der Waals surface area contributed by atoms with E-state index < -0.39 is 0 Å². The molecule has 4 N–H and O–H groups in total. The number of hydrogen-bond acceptors (Lipinski definition) is 2. The maximum absolute atomic E-state index is 5.62. The predicted octanol–water partition coefficient (Wildman–Crippen LogP) is 1.56. The van der Waals surface area contributed by atoms with Gasteiger partial charge in [-0.3, -0.25) is 0 Å². The Morgan fingerprint density at radius 3 is 2.50 bits per heavy atom. The highest BCUT2D eigenvalue weighted by Crippen LogP contribution is 2.13. The van der Waals surface area contributed by atoms with E-state index in [1.54, 1.807) is 0 Å². The molecule has 1 rings (SSSR count). The van der Waals surface area contributed by atoms with Gasteiger partial charge < -0.3 is 11.5 Å². The molecule has 0 unspecified atom stereocenters. The zero-order valence-electron chi connectivity index (χ0n) is 7.46. The Balaban J connectivity index is 2.92. The largest absolute Gasteiger partial charge is 0.312 e. The van der Waals surface area contributed by atoms with Crippen molar-refractivity contribution >= 4 is 0 Å². The molecule has 1 aromatic rings. The Morgan fingerprint density at radius 1 is 1.25 bits per heavy atom. The fourth-order valence-electron chi connectivity index (χ4n) is 1.36. The third-order valence-electron chi connectivity index (χ3n) is 1.93. The summed E-state index contributed by atoms with van der Waals surface area (Å²) >= 11 is 0. The lowest BCUT2D eigenvalue weighted by atomic mass is 10.0. The molecule has 2 nitrogen and oxygen atoms in total. The van der Waals surface area contributed by atoms with E-state index >= 15 is 0 Å². The number of aryl methyl sites for hydroxylation is 1. The molecule has 0 bridgehead atoms. The molecule has 0 atom stereocenters. The zero-order valence-corrected chi connectivity index (χ0v) is 7.46. The van der Waals surface area contributed by atoms with E-state index in [0.29, 0.717) is 0 Å². The fourth-order valence-corrected chi connectivity index (χ4v) is 1.36. The molecule has 1 aromatic carbocycles. The van der Waals surface area contributed by atoms with Gasteiger partial charge in [0.25, 0.3) is 0 Å². The van der Waals surface area contributed by atoms with Gasteiger partial charge in [-0.1, -0.05) is 37.6 Å². The zero-order chi connectivity index (χ0) is 8.97. The average Bonchev–Trinajstić information content (AvgIpc) is 2.05. The number of benzene rings is 1. The van der Waals surface area contributed by atoms with Crippen LogP contribution < -0.4 is 11.5 Å². The van der Waals surface area contributed by atoms with E-state index in [2.05, 4.69) is 13.0 Å². The summed E-state index contributed by atoms with van der Waals surface area (Å²) in [5, 5.41) is 0. The van der Waals surface area contributed by atoms with Crippen LogP contribution in [-0.2, 0) is 6.42 Å². The minimum absolute atomic E-state index is 0.340. The van der Waals surface area contributed by atoms with E-state index in [4.69, 9.17) is 11.5 Å². The summed E-state index contributed by atoms with van der Waals surface area (Å²) in [5.41, 5.74) is 13.6. The molecule has 0 saturated heterocycles. The molecular formula is C10H16N2. The second-order valence-electron chi connectivity index (χ2n) is 2.97. The van der Waals surface area contributed by atoms with Crippen molar-refractivity contribution in [1.82, 2.24) is 0 Å². The van der Waals surface area contributed by atoms with Crippen LogP contribution in [0.2, 0.25) is 0 Å². The van der Waals surface area contributed by atoms with Gasteiger partial charge in [0.15, 0.2) is 0 Å². The molecule has 0 aromatic heterocycles. The molecule has 0 spiro atoms. The van der Waals surface area contributed by atoms with Crippen molar-refractivity contribution in [2.45, 2.75) is 25.9 Å². The van der Waals surface area contributed by atoms with Crippen LogP contribution >= 0.6 is 0 Å². The highest BCUT2D eigenvalue weighted by atomic mass is 14.8. The van der Waals surface area contributed by atoms with Gasteiger partial charge in [-0.05, 0) is 17.5 Å². The highest BCUT2D eigenvalue weighted by Gasteiger charge is 2.04. The fraction of sp³-hybridized carbons (Fsp3) is 0.400. The minimum atomic E-state index is -0.340. The Labute approximate surface area is 73.6 Å². The second-order valence-corrected chi connectivity index (χ2v) is 2.97. The van der Waals surface area contributed by atoms with Crippen molar-refractivity contribution in [1.29, 1.82) is 0 Å². The number of rotatable bonds is 3. The Bertz CT molecular complexity index is 243. The maximum Gasteiger partial charge on any atom is 0.0787 e. The van der Waals surface area contributed by atoms with Crippen molar-refractivity contribution in [3.63, 3.8) is 0 Å². The van der Waals surface area contributed by atoms with Gasteiger partial charge in [-0.15, -0.1) is 0 Å². The van der Waals surface area contributed by atoms with E-state index in [0.717, 1.165) is 18.4 Å². The lowest BCUT2D eigenvalue weighted by molar-refractivity contribution is 0.751. The van der Waals surface area contributed by atoms with Crippen molar-refractivity contribution in [3.8, 4) is 0 Å². The van der Waals surface area contributed by atoms with Gasteiger partial charge in [-0.25, -0.2) is 0 Å². The summed E-state index contributed by atoms with van der Waals surface area (Å²) in [6.07, 6.45) is 1.85. The molecule has 2 heteroatoms. The molecule has 0 aliphatic rings. The van der Waals surface area contributed by atoms with Gasteiger partial charge in [0, 0.05) is 0 Å². The van der Waals surface area contributed by atoms with Gasteiger partial charge in [-0.2, -0.15) is 0 Å². The summed E-state index contributed by atoms with van der Waals surface area (Å²) < 4.78 is 0. The average molecular weight is 164 g/mol. The van der Waals surface area contributed by atoms with Gasteiger partial charge in [0.2, 0.25) is 0 Å². The molecular weight excluding hydrogens is 148 g/mol. The second kappa shape index (κ2) is 4.24. The summed E-state index contributed by atoms with van der Waals surface area (Å²) in [5.74, 6) is 0. The first kappa shape index (κ1) is 9.23. The lowest BCUT2D eigenvalue weighted by Gasteiger charge is -2.11. The third-order valence-corrected chi connectivity index (χ3v) is 1.93. The van der Waals surface area contributed by atoms with Crippen molar-refractivity contribution in [2.75, 3.05) is 0 Å². The number of nitrogens with two attached hydrogens (primary N) is 2. The first-order valence-corrected chi connectivity index (χ1v) is 4.34. The molecule has 0 fully saturated rings. The Hall–Kier alpha value is -0.860. The van der Waals surface area contributed by atoms with Crippen LogP contribution in [0.1, 0.15) is 30.6 Å². The van der Waals surface area contributed by atoms with E-state index in [1.165, 1.54) is 5.56 Å². The molecule has 0 heterocycles. The summed E-state index contributed by atoms with van der Waals surface area (Å²) in [6, 6.07) is 8.08. The molecule has 0 radical (unpaired) electrons. The van der Waals surface area contributed by atoms with Crippen LogP contribution in [0.4, 0.5) is 0 Å². The van der Waals surface area contributed by atoms with E-state index in [9.17, 15) is 0 Å². The van der Waals surface area contributed by atoms with Gasteiger partial charge in [0.05, 0.1) is 6.17 Å². The molecule has 0 aliphatic heterocycles. The molecule has 66 valence electrons. The monoisotopic (exact) mass is 164 g/mol. The SMILES string of the molecule is CCCc1ccccc1C(N)N. The van der Waals surface area contributed by atoms with Gasteiger partial charge in [0.1, 0.15) is 0 Å². The van der Waals surface area contributed by atoms with Crippen LogP contribution in [0.5, 0.6) is 0 Å². The van der Waals surface area contributed by atoms with Crippen LogP contribution in [0.25, 0.3) is 0 Å². The summed E-state index contributed by atoms with van der Waals surface area (Å²) in [6.45, 7) is 2.15. The summed E-state index contributed by atoms with van der Waals surface area (Å²) in [7, 11) is 0. The van der Waals surface area contributed by atoms with Crippen molar-refractivity contribution in [2.24, 2.45) is 11.5 Å². The minimum Gasteiger partial charge on any atom is -0.312 e. The normalized spacial score (nSPS) is 10.7.